The summed E-state index contributed by atoms with van der Waals surface area (Å²) in [5.41, 5.74) is -0.744. The Morgan fingerprint density at radius 1 is 1.28 bits per heavy atom. The van der Waals surface area contributed by atoms with Crippen LogP contribution >= 0.6 is 23.1 Å². The average molecular weight is 287 g/mol. The Morgan fingerprint density at radius 2 is 1.94 bits per heavy atom. The normalized spacial score (nSPS) is 25.7. The standard InChI is InChI=1S/C12H17NO3S2/c1-17-10-13-8-9(18-10)11(14)2-4-12(5-3-11)15-6-7-16-12/h8,14H,2-7H2,1H3. The molecular weight excluding hydrogens is 270 g/mol. The number of rotatable bonds is 2. The topological polar surface area (TPSA) is 51.6 Å². The third-order valence-corrected chi connectivity index (χ3v) is 5.96. The second-order valence-electron chi connectivity index (χ2n) is 4.83. The molecule has 0 atom stereocenters. The molecule has 1 aliphatic heterocycles. The number of thiazole rings is 1. The quantitative estimate of drug-likeness (QED) is 0.846. The van der Waals surface area contributed by atoms with Gasteiger partial charge in [-0.25, -0.2) is 4.98 Å². The summed E-state index contributed by atoms with van der Waals surface area (Å²) >= 11 is 3.21. The van der Waals surface area contributed by atoms with E-state index in [0.717, 1.165) is 22.1 Å². The molecule has 1 saturated carbocycles. The molecule has 18 heavy (non-hydrogen) atoms. The van der Waals surface area contributed by atoms with Crippen molar-refractivity contribution in [2.45, 2.75) is 41.4 Å². The van der Waals surface area contributed by atoms with Crippen molar-refractivity contribution in [3.05, 3.63) is 11.1 Å². The Balaban J connectivity index is 1.73. The fraction of sp³-hybridized carbons (Fsp3) is 0.750. The van der Waals surface area contributed by atoms with Gasteiger partial charge in [0.1, 0.15) is 9.94 Å². The zero-order valence-corrected chi connectivity index (χ0v) is 12.0. The van der Waals surface area contributed by atoms with Crippen LogP contribution in [0, 0.1) is 0 Å². The molecule has 1 spiro atoms. The molecule has 2 fully saturated rings. The van der Waals surface area contributed by atoms with Gasteiger partial charge < -0.3 is 14.6 Å². The highest BCUT2D eigenvalue weighted by molar-refractivity contribution is 8.00. The van der Waals surface area contributed by atoms with Crippen LogP contribution in [0.15, 0.2) is 10.5 Å². The van der Waals surface area contributed by atoms with Gasteiger partial charge >= 0.3 is 0 Å². The molecular formula is C12H17NO3S2. The highest BCUT2D eigenvalue weighted by Gasteiger charge is 2.46. The first-order chi connectivity index (χ1) is 8.66. The van der Waals surface area contributed by atoms with Crippen molar-refractivity contribution in [2.24, 2.45) is 0 Å². The van der Waals surface area contributed by atoms with Gasteiger partial charge in [0.25, 0.3) is 0 Å². The average Bonchev–Trinajstić information content (AvgIpc) is 3.04. The van der Waals surface area contributed by atoms with Crippen molar-refractivity contribution < 1.29 is 14.6 Å². The Labute approximate surface area is 115 Å². The molecule has 0 bridgehead atoms. The van der Waals surface area contributed by atoms with E-state index >= 15 is 0 Å². The third-order valence-electron chi connectivity index (χ3n) is 3.77. The summed E-state index contributed by atoms with van der Waals surface area (Å²) in [7, 11) is 0. The molecule has 6 heteroatoms. The van der Waals surface area contributed by atoms with E-state index in [1.807, 2.05) is 12.5 Å². The first kappa shape index (κ1) is 12.9. The minimum absolute atomic E-state index is 0.417. The van der Waals surface area contributed by atoms with Crippen LogP contribution in [0.5, 0.6) is 0 Å². The second kappa shape index (κ2) is 4.76. The summed E-state index contributed by atoms with van der Waals surface area (Å²) in [5.74, 6) is -0.417. The highest BCUT2D eigenvalue weighted by Crippen LogP contribution is 2.46. The van der Waals surface area contributed by atoms with Crippen LogP contribution in [0.1, 0.15) is 30.6 Å². The van der Waals surface area contributed by atoms with Gasteiger partial charge in [0.2, 0.25) is 0 Å². The van der Waals surface area contributed by atoms with Gasteiger partial charge in [0.05, 0.1) is 18.1 Å². The lowest BCUT2D eigenvalue weighted by molar-refractivity contribution is -0.203. The number of nitrogens with zero attached hydrogens (tertiary/aromatic N) is 1. The molecule has 3 rings (SSSR count). The molecule has 2 heterocycles. The van der Waals surface area contributed by atoms with Crippen LogP contribution in [0.25, 0.3) is 0 Å². The summed E-state index contributed by atoms with van der Waals surface area (Å²) < 4.78 is 12.4. The molecule has 2 aliphatic rings. The van der Waals surface area contributed by atoms with E-state index in [0.29, 0.717) is 26.1 Å². The highest BCUT2D eigenvalue weighted by atomic mass is 32.2. The summed E-state index contributed by atoms with van der Waals surface area (Å²) in [6, 6.07) is 0. The van der Waals surface area contributed by atoms with Crippen LogP contribution in [0.2, 0.25) is 0 Å². The van der Waals surface area contributed by atoms with Gasteiger partial charge in [-0.2, -0.15) is 0 Å². The van der Waals surface area contributed by atoms with Gasteiger partial charge in [-0.05, 0) is 19.1 Å². The van der Waals surface area contributed by atoms with Crippen LogP contribution in [-0.4, -0.2) is 35.3 Å². The van der Waals surface area contributed by atoms with Crippen LogP contribution in [0.4, 0.5) is 0 Å². The number of ether oxygens (including phenoxy) is 2. The van der Waals surface area contributed by atoms with Gasteiger partial charge in [-0.1, -0.05) is 11.8 Å². The first-order valence-electron chi connectivity index (χ1n) is 6.16. The van der Waals surface area contributed by atoms with Gasteiger partial charge in [0, 0.05) is 19.0 Å². The molecule has 4 nitrogen and oxygen atoms in total. The van der Waals surface area contributed by atoms with E-state index in [-0.39, 0.29) is 0 Å². The smallest absolute Gasteiger partial charge is 0.168 e. The Hall–Kier alpha value is -0.140. The van der Waals surface area contributed by atoms with E-state index < -0.39 is 11.4 Å². The number of thioether (sulfide) groups is 1. The Bertz CT molecular complexity index is 419. The summed E-state index contributed by atoms with van der Waals surface area (Å²) in [6.07, 6.45) is 6.70. The minimum atomic E-state index is -0.744. The Morgan fingerprint density at radius 3 is 2.50 bits per heavy atom. The van der Waals surface area contributed by atoms with Crippen LogP contribution in [-0.2, 0) is 15.1 Å². The summed E-state index contributed by atoms with van der Waals surface area (Å²) in [6.45, 7) is 1.35. The maximum Gasteiger partial charge on any atom is 0.168 e. The Kier molecular flexibility index (Phi) is 3.40. The molecule has 0 amide bonds. The predicted molar refractivity (Wildman–Crippen MR) is 70.9 cm³/mol. The van der Waals surface area contributed by atoms with Crippen LogP contribution in [0.3, 0.4) is 0 Å². The van der Waals surface area contributed by atoms with E-state index in [1.165, 1.54) is 0 Å². The molecule has 0 radical (unpaired) electrons. The monoisotopic (exact) mass is 287 g/mol. The molecule has 1 saturated heterocycles. The largest absolute Gasteiger partial charge is 0.384 e. The molecule has 0 unspecified atom stereocenters. The lowest BCUT2D eigenvalue weighted by atomic mass is 9.80. The van der Waals surface area contributed by atoms with Crippen molar-refractivity contribution in [2.75, 3.05) is 19.5 Å². The van der Waals surface area contributed by atoms with E-state index in [1.54, 1.807) is 23.1 Å². The molecule has 1 aromatic rings. The summed E-state index contributed by atoms with van der Waals surface area (Å²) in [5, 5.41) is 10.7. The third kappa shape index (κ3) is 2.20. The molecule has 1 aromatic heterocycles. The molecule has 1 aliphatic carbocycles. The number of hydrogen-bond donors (Lipinski definition) is 1. The summed E-state index contributed by atoms with van der Waals surface area (Å²) in [4.78, 5) is 5.28. The van der Waals surface area contributed by atoms with E-state index in [4.69, 9.17) is 9.47 Å². The fourth-order valence-corrected chi connectivity index (χ4v) is 4.20. The van der Waals surface area contributed by atoms with Crippen LogP contribution < -0.4 is 0 Å². The van der Waals surface area contributed by atoms with E-state index in [2.05, 4.69) is 4.98 Å². The van der Waals surface area contributed by atoms with Gasteiger partial charge in [-0.3, -0.25) is 0 Å². The number of aromatic nitrogens is 1. The molecule has 100 valence electrons. The first-order valence-corrected chi connectivity index (χ1v) is 8.21. The fourth-order valence-electron chi connectivity index (χ4n) is 2.64. The maximum absolute atomic E-state index is 10.7. The van der Waals surface area contributed by atoms with Crippen molar-refractivity contribution >= 4 is 23.1 Å². The van der Waals surface area contributed by atoms with Crippen molar-refractivity contribution in [1.82, 2.24) is 4.98 Å². The maximum atomic E-state index is 10.7. The minimum Gasteiger partial charge on any atom is -0.384 e. The second-order valence-corrected chi connectivity index (χ2v) is 6.92. The van der Waals surface area contributed by atoms with Crippen molar-refractivity contribution in [3.63, 3.8) is 0 Å². The van der Waals surface area contributed by atoms with Crippen molar-refractivity contribution in [1.29, 1.82) is 0 Å². The lowest BCUT2D eigenvalue weighted by Gasteiger charge is -2.39. The number of hydrogen-bond acceptors (Lipinski definition) is 6. The van der Waals surface area contributed by atoms with Gasteiger partial charge in [-0.15, -0.1) is 11.3 Å². The zero-order chi connectivity index (χ0) is 12.6. The molecule has 1 N–H and O–H groups in total. The lowest BCUT2D eigenvalue weighted by Crippen LogP contribution is -2.41. The van der Waals surface area contributed by atoms with Gasteiger partial charge in [0.15, 0.2) is 5.79 Å². The van der Waals surface area contributed by atoms with E-state index in [9.17, 15) is 5.11 Å². The SMILES string of the molecule is CSc1ncc(C2(O)CCC3(CC2)OCCO3)s1. The number of aliphatic hydroxyl groups is 1. The van der Waals surface area contributed by atoms with Crippen molar-refractivity contribution in [3.8, 4) is 0 Å². The predicted octanol–water partition coefficient (Wildman–Crippen LogP) is 2.37. The molecule has 0 aromatic carbocycles. The zero-order valence-electron chi connectivity index (χ0n) is 10.3.